The normalized spacial score (nSPS) is 14.9. The predicted molar refractivity (Wildman–Crippen MR) is 123 cm³/mol. The van der Waals surface area contributed by atoms with Gasteiger partial charge in [-0.15, -0.1) is 0 Å². The molecule has 0 aliphatic rings. The van der Waals surface area contributed by atoms with Crippen LogP contribution in [0, 0.1) is 0 Å². The first kappa shape index (κ1) is 27.1. The van der Waals surface area contributed by atoms with E-state index in [0.29, 0.717) is 0 Å². The van der Waals surface area contributed by atoms with Crippen molar-refractivity contribution in [1.29, 1.82) is 0 Å². The molecule has 3 rings (SSSR count). The molecule has 0 bridgehead atoms. The van der Waals surface area contributed by atoms with Crippen LogP contribution in [0.3, 0.4) is 0 Å². The molecule has 190 valence electrons. The summed E-state index contributed by atoms with van der Waals surface area (Å²) < 4.78 is 135. The molecule has 0 heterocycles. The van der Waals surface area contributed by atoms with Gasteiger partial charge in [-0.25, -0.2) is 0 Å². The number of alkyl halides is 6. The van der Waals surface area contributed by atoms with Gasteiger partial charge in [0.25, 0.3) is 0 Å². The number of hydrogen-bond acceptors (Lipinski definition) is 4. The van der Waals surface area contributed by atoms with Crippen molar-refractivity contribution >= 4 is 42.7 Å². The molecule has 0 radical (unpaired) electrons. The predicted octanol–water partition coefficient (Wildman–Crippen LogP) is 4.06. The molecule has 0 atom stereocenters. The van der Waals surface area contributed by atoms with Crippen LogP contribution in [0.2, 0.25) is 0 Å². The van der Waals surface area contributed by atoms with Gasteiger partial charge in [-0.1, -0.05) is 0 Å². The van der Waals surface area contributed by atoms with E-state index in [1.807, 2.05) is 0 Å². The Morgan fingerprint density at radius 1 is 0.543 bits per heavy atom. The van der Waals surface area contributed by atoms with Crippen molar-refractivity contribution in [1.82, 2.24) is 3.48 Å². The molecule has 0 fully saturated rings. The van der Waals surface area contributed by atoms with E-state index in [9.17, 15) is 43.2 Å². The molecule has 0 spiro atoms. The van der Waals surface area contributed by atoms with Gasteiger partial charge < -0.3 is 0 Å². The van der Waals surface area contributed by atoms with Gasteiger partial charge in [0.2, 0.25) is 0 Å². The molecular weight excluding hydrogens is 539 g/mol. The molecule has 3 aromatic rings. The number of halogens is 6. The van der Waals surface area contributed by atoms with Crippen molar-refractivity contribution in [2.24, 2.45) is 0 Å². The van der Waals surface area contributed by atoms with Crippen molar-refractivity contribution in [3.63, 3.8) is 0 Å². The zero-order chi connectivity index (χ0) is 26.4. The summed E-state index contributed by atoms with van der Waals surface area (Å²) in [6.07, 6.45) is 0. The van der Waals surface area contributed by atoms with Gasteiger partial charge >= 0.3 is 198 Å². The van der Waals surface area contributed by atoms with Crippen LogP contribution in [0.4, 0.5) is 26.3 Å². The molecule has 0 amide bonds. The number of benzene rings is 3. The third-order valence-corrected chi connectivity index (χ3v) is 18.0. The average Bonchev–Trinajstić information content (AvgIpc) is 2.79. The van der Waals surface area contributed by atoms with Gasteiger partial charge in [-0.3, -0.25) is 0 Å². The standard InChI is InChI=1S/C21H18F6NO4PS2/c1-33(17-11-5-2-6-12-17,18-13-7-3-8-14-18,19-15-9-4-10-16-19)28(34(29,30)20(22,23)24)35(31,32)21(25,26)27/h2-16H,1H3. The zero-order valence-electron chi connectivity index (χ0n) is 17.8. The first-order valence-corrected chi connectivity index (χ1v) is 15.1. The van der Waals surface area contributed by atoms with Gasteiger partial charge in [0.1, 0.15) is 0 Å². The van der Waals surface area contributed by atoms with Crippen molar-refractivity contribution in [2.75, 3.05) is 6.66 Å². The Morgan fingerprint density at radius 2 is 0.771 bits per heavy atom. The molecule has 14 heteroatoms. The van der Waals surface area contributed by atoms with E-state index >= 15 is 0 Å². The van der Waals surface area contributed by atoms with Crippen molar-refractivity contribution in [3.8, 4) is 0 Å². The maximum absolute atomic E-state index is 14.0. The van der Waals surface area contributed by atoms with Crippen LogP contribution in [0.15, 0.2) is 91.0 Å². The zero-order valence-corrected chi connectivity index (χ0v) is 20.3. The van der Waals surface area contributed by atoms with E-state index in [0.717, 1.165) is 43.1 Å². The summed E-state index contributed by atoms with van der Waals surface area (Å²) in [4.78, 5) is 0. The minimum atomic E-state index is -7.16. The molecule has 3 aromatic carbocycles. The number of nitrogens with zero attached hydrogens (tertiary/aromatic N) is 1. The Morgan fingerprint density at radius 3 is 0.971 bits per heavy atom. The van der Waals surface area contributed by atoms with E-state index in [-0.39, 0.29) is 15.9 Å². The van der Waals surface area contributed by atoms with Gasteiger partial charge in [0.15, 0.2) is 0 Å². The summed E-state index contributed by atoms with van der Waals surface area (Å²) in [6.45, 7) is -5.02. The first-order chi connectivity index (χ1) is 16.0. The van der Waals surface area contributed by atoms with Gasteiger partial charge in [0, 0.05) is 0 Å². The fourth-order valence-corrected chi connectivity index (χ4v) is 16.6. The summed E-state index contributed by atoms with van der Waals surface area (Å²) in [7, 11) is -14.3. The fourth-order valence-electron chi connectivity index (χ4n) is 3.95. The number of sulfonamides is 2. The van der Waals surface area contributed by atoms with Crippen LogP contribution in [0.25, 0.3) is 0 Å². The Balaban J connectivity index is 2.80. The first-order valence-electron chi connectivity index (χ1n) is 9.62. The van der Waals surface area contributed by atoms with Crippen LogP contribution in [0.5, 0.6) is 0 Å². The van der Waals surface area contributed by atoms with E-state index in [2.05, 4.69) is 0 Å². The van der Waals surface area contributed by atoms with Gasteiger partial charge in [-0.05, 0) is 0 Å². The topological polar surface area (TPSA) is 71.5 Å². The Kier molecular flexibility index (Phi) is 6.65. The van der Waals surface area contributed by atoms with Crippen molar-refractivity contribution < 1.29 is 43.2 Å². The second-order valence-corrected chi connectivity index (χ2v) is 16.9. The van der Waals surface area contributed by atoms with E-state index in [4.69, 9.17) is 0 Å². The summed E-state index contributed by atoms with van der Waals surface area (Å²) in [5.74, 6) is 0. The maximum atomic E-state index is 14.0. The second kappa shape index (κ2) is 8.58. The van der Waals surface area contributed by atoms with Crippen LogP contribution >= 0.6 is 6.75 Å². The fraction of sp³-hybridized carbons (Fsp3) is 0.143. The Bertz CT molecular complexity index is 1270. The molecule has 0 N–H and O–H groups in total. The molecule has 0 saturated heterocycles. The molecule has 0 aromatic heterocycles. The van der Waals surface area contributed by atoms with Gasteiger partial charge in [0.05, 0.1) is 0 Å². The average molecular weight is 557 g/mol. The van der Waals surface area contributed by atoms with E-state index in [1.54, 1.807) is 0 Å². The minimum absolute atomic E-state index is 0.350. The Labute approximate surface area is 198 Å². The molecule has 0 aliphatic carbocycles. The SMILES string of the molecule is CP(c1ccccc1)(c1ccccc1)(c1ccccc1)N(S(=O)(=O)C(F)(F)F)S(=O)(=O)C(F)(F)F. The van der Waals surface area contributed by atoms with Crippen molar-refractivity contribution in [2.45, 2.75) is 11.0 Å². The van der Waals surface area contributed by atoms with Crippen LogP contribution in [-0.4, -0.2) is 38.0 Å². The molecule has 5 nitrogen and oxygen atoms in total. The monoisotopic (exact) mass is 557 g/mol. The molecular formula is C21H18F6NO4PS2. The second-order valence-electron chi connectivity index (χ2n) is 7.59. The summed E-state index contributed by atoms with van der Waals surface area (Å²) in [5.41, 5.74) is -12.8. The van der Waals surface area contributed by atoms with Gasteiger partial charge in [-0.2, -0.15) is 0 Å². The molecule has 0 aliphatic heterocycles. The van der Waals surface area contributed by atoms with Crippen LogP contribution in [0.1, 0.15) is 0 Å². The van der Waals surface area contributed by atoms with E-state index in [1.165, 1.54) is 54.6 Å². The van der Waals surface area contributed by atoms with E-state index < -0.39 is 41.3 Å². The molecule has 0 saturated carbocycles. The molecule has 0 unspecified atom stereocenters. The number of hydrogen-bond donors (Lipinski definition) is 0. The third-order valence-electron chi connectivity index (χ3n) is 5.57. The summed E-state index contributed by atoms with van der Waals surface area (Å²) in [5, 5.41) is -1.05. The quantitative estimate of drug-likeness (QED) is 0.339. The number of rotatable bonds is 6. The summed E-state index contributed by atoms with van der Waals surface area (Å²) >= 11 is 0. The van der Waals surface area contributed by atoms with Crippen molar-refractivity contribution in [3.05, 3.63) is 91.0 Å². The molecule has 35 heavy (non-hydrogen) atoms. The summed E-state index contributed by atoms with van der Waals surface area (Å²) in [6, 6.07) is 18.5. The van der Waals surface area contributed by atoms with Crippen LogP contribution in [-0.2, 0) is 20.0 Å². The van der Waals surface area contributed by atoms with Crippen LogP contribution < -0.4 is 15.9 Å². The Hall–Kier alpha value is -2.47. The third kappa shape index (κ3) is 3.94.